The van der Waals surface area contributed by atoms with Gasteiger partial charge in [-0.15, -0.1) is 0 Å². The van der Waals surface area contributed by atoms with Crippen LogP contribution < -0.4 is 4.74 Å². The molecule has 3 atom stereocenters. The fourth-order valence-corrected chi connectivity index (χ4v) is 2.95. The lowest BCUT2D eigenvalue weighted by Gasteiger charge is -2.36. The molecule has 0 aliphatic heterocycles. The highest BCUT2D eigenvalue weighted by Gasteiger charge is 2.32. The molecule has 2 nitrogen and oxygen atoms in total. The van der Waals surface area contributed by atoms with Gasteiger partial charge < -0.3 is 4.74 Å². The van der Waals surface area contributed by atoms with E-state index in [1.807, 2.05) is 12.1 Å². The Morgan fingerprint density at radius 1 is 1.33 bits per heavy atom. The van der Waals surface area contributed by atoms with E-state index < -0.39 is 0 Å². The van der Waals surface area contributed by atoms with Crippen molar-refractivity contribution >= 4 is 11.6 Å². The molecule has 0 saturated heterocycles. The van der Waals surface area contributed by atoms with Gasteiger partial charge in [0.05, 0.1) is 5.02 Å². The molecule has 1 aliphatic rings. The maximum atomic E-state index is 6.08. The van der Waals surface area contributed by atoms with Gasteiger partial charge in [0.1, 0.15) is 6.10 Å². The minimum Gasteiger partial charge on any atom is -0.474 e. The van der Waals surface area contributed by atoms with Gasteiger partial charge in [0.25, 0.3) is 0 Å². The molecule has 0 aromatic carbocycles. The van der Waals surface area contributed by atoms with Crippen molar-refractivity contribution in [1.82, 2.24) is 4.98 Å². The second-order valence-corrected chi connectivity index (χ2v) is 6.23. The normalized spacial score (nSPS) is 28.4. The van der Waals surface area contributed by atoms with Crippen molar-refractivity contribution < 1.29 is 4.74 Å². The Kier molecular flexibility index (Phi) is 4.50. The van der Waals surface area contributed by atoms with E-state index in [1.165, 1.54) is 12.8 Å². The minimum absolute atomic E-state index is 0.294. The van der Waals surface area contributed by atoms with E-state index in [-0.39, 0.29) is 0 Å². The second-order valence-electron chi connectivity index (χ2n) is 5.80. The first-order valence-corrected chi connectivity index (χ1v) is 7.22. The number of aromatic nitrogens is 1. The number of nitrogens with zero attached hydrogens (tertiary/aromatic N) is 1. The standard InChI is InChI=1S/C15H22ClNO/c1-10(2)13-6-4-11(3)8-14(13)18-15-7-5-12(16)9-17-15/h5,7,9-11,13-14H,4,6,8H2,1-3H3. The summed E-state index contributed by atoms with van der Waals surface area (Å²) in [4.78, 5) is 4.24. The summed E-state index contributed by atoms with van der Waals surface area (Å²) in [5.74, 6) is 2.75. The highest BCUT2D eigenvalue weighted by molar-refractivity contribution is 6.30. The summed E-state index contributed by atoms with van der Waals surface area (Å²) in [5, 5.41) is 0.653. The first-order chi connectivity index (χ1) is 8.56. The molecule has 1 heterocycles. The predicted octanol–water partition coefficient (Wildman–Crippen LogP) is 4.57. The van der Waals surface area contributed by atoms with Gasteiger partial charge in [-0.25, -0.2) is 4.98 Å². The van der Waals surface area contributed by atoms with Crippen molar-refractivity contribution in [1.29, 1.82) is 0 Å². The number of hydrogen-bond acceptors (Lipinski definition) is 2. The van der Waals surface area contributed by atoms with Crippen LogP contribution in [0.15, 0.2) is 18.3 Å². The summed E-state index contributed by atoms with van der Waals surface area (Å²) in [5.41, 5.74) is 0. The van der Waals surface area contributed by atoms with Crippen molar-refractivity contribution in [3.8, 4) is 5.88 Å². The van der Waals surface area contributed by atoms with Crippen LogP contribution in [0.2, 0.25) is 5.02 Å². The summed E-state index contributed by atoms with van der Waals surface area (Å²) in [6.45, 7) is 6.88. The van der Waals surface area contributed by atoms with Crippen LogP contribution in [0.1, 0.15) is 40.0 Å². The predicted molar refractivity (Wildman–Crippen MR) is 75.0 cm³/mol. The summed E-state index contributed by atoms with van der Waals surface area (Å²) in [6.07, 6.45) is 5.65. The Morgan fingerprint density at radius 2 is 2.11 bits per heavy atom. The zero-order valence-corrected chi connectivity index (χ0v) is 12.2. The molecule has 1 aromatic heterocycles. The maximum absolute atomic E-state index is 6.08. The molecule has 100 valence electrons. The number of pyridine rings is 1. The first kappa shape index (κ1) is 13.7. The zero-order valence-electron chi connectivity index (χ0n) is 11.4. The van der Waals surface area contributed by atoms with Gasteiger partial charge in [-0.05, 0) is 36.7 Å². The van der Waals surface area contributed by atoms with Crippen LogP contribution in [0.5, 0.6) is 5.88 Å². The smallest absolute Gasteiger partial charge is 0.213 e. The van der Waals surface area contributed by atoms with Crippen LogP contribution in [-0.2, 0) is 0 Å². The summed E-state index contributed by atoms with van der Waals surface area (Å²) in [7, 11) is 0. The first-order valence-electron chi connectivity index (χ1n) is 6.84. The SMILES string of the molecule is CC1CCC(C(C)C)C(Oc2ccc(Cl)cn2)C1. The van der Waals surface area contributed by atoms with Gasteiger partial charge in [-0.2, -0.15) is 0 Å². The summed E-state index contributed by atoms with van der Waals surface area (Å²) in [6, 6.07) is 3.69. The Morgan fingerprint density at radius 3 is 2.72 bits per heavy atom. The molecule has 0 bridgehead atoms. The van der Waals surface area contributed by atoms with Crippen LogP contribution in [0.4, 0.5) is 0 Å². The van der Waals surface area contributed by atoms with E-state index in [0.717, 1.165) is 12.3 Å². The van der Waals surface area contributed by atoms with Crippen molar-refractivity contribution in [3.05, 3.63) is 23.4 Å². The van der Waals surface area contributed by atoms with Crippen LogP contribution in [-0.4, -0.2) is 11.1 Å². The lowest BCUT2D eigenvalue weighted by atomic mass is 9.75. The molecule has 2 rings (SSSR count). The molecule has 1 fully saturated rings. The van der Waals surface area contributed by atoms with Crippen LogP contribution >= 0.6 is 11.6 Å². The average Bonchev–Trinajstić information content (AvgIpc) is 2.32. The Labute approximate surface area is 115 Å². The fraction of sp³-hybridized carbons (Fsp3) is 0.667. The number of halogens is 1. The summed E-state index contributed by atoms with van der Waals surface area (Å²) < 4.78 is 6.08. The topological polar surface area (TPSA) is 22.1 Å². The van der Waals surface area contributed by atoms with Crippen molar-refractivity contribution in [2.75, 3.05) is 0 Å². The van der Waals surface area contributed by atoms with Gasteiger partial charge in [-0.3, -0.25) is 0 Å². The maximum Gasteiger partial charge on any atom is 0.213 e. The van der Waals surface area contributed by atoms with Gasteiger partial charge in [0.15, 0.2) is 0 Å². The minimum atomic E-state index is 0.294. The van der Waals surface area contributed by atoms with E-state index in [1.54, 1.807) is 6.20 Å². The van der Waals surface area contributed by atoms with Crippen molar-refractivity contribution in [3.63, 3.8) is 0 Å². The monoisotopic (exact) mass is 267 g/mol. The fourth-order valence-electron chi connectivity index (χ4n) is 2.84. The molecule has 3 heteroatoms. The van der Waals surface area contributed by atoms with Crippen LogP contribution in [0, 0.1) is 17.8 Å². The molecule has 1 aliphatic carbocycles. The second kappa shape index (κ2) is 5.92. The quantitative estimate of drug-likeness (QED) is 0.800. The van der Waals surface area contributed by atoms with E-state index >= 15 is 0 Å². The zero-order chi connectivity index (χ0) is 13.1. The van der Waals surface area contributed by atoms with Gasteiger partial charge >= 0.3 is 0 Å². The Balaban J connectivity index is 2.06. The van der Waals surface area contributed by atoms with Gasteiger partial charge in [0, 0.05) is 12.3 Å². The molecule has 1 aromatic rings. The molecule has 0 spiro atoms. The van der Waals surface area contributed by atoms with Gasteiger partial charge in [-0.1, -0.05) is 38.8 Å². The molecule has 1 saturated carbocycles. The lowest BCUT2D eigenvalue weighted by Crippen LogP contribution is -2.36. The van der Waals surface area contributed by atoms with Crippen LogP contribution in [0.3, 0.4) is 0 Å². The number of ether oxygens (including phenoxy) is 1. The lowest BCUT2D eigenvalue weighted by molar-refractivity contribution is 0.0426. The highest BCUT2D eigenvalue weighted by Crippen LogP contribution is 2.35. The van der Waals surface area contributed by atoms with E-state index in [2.05, 4.69) is 25.8 Å². The molecular formula is C15H22ClNO. The molecule has 18 heavy (non-hydrogen) atoms. The number of rotatable bonds is 3. The van der Waals surface area contributed by atoms with Gasteiger partial charge in [0.2, 0.25) is 5.88 Å². The van der Waals surface area contributed by atoms with E-state index in [4.69, 9.17) is 16.3 Å². The highest BCUT2D eigenvalue weighted by atomic mass is 35.5. The number of hydrogen-bond donors (Lipinski definition) is 0. The third-order valence-corrected chi connectivity index (χ3v) is 4.16. The van der Waals surface area contributed by atoms with E-state index in [0.29, 0.717) is 28.8 Å². The van der Waals surface area contributed by atoms with Crippen molar-refractivity contribution in [2.45, 2.75) is 46.1 Å². The summed E-state index contributed by atoms with van der Waals surface area (Å²) >= 11 is 5.84. The van der Waals surface area contributed by atoms with E-state index in [9.17, 15) is 0 Å². The largest absolute Gasteiger partial charge is 0.474 e. The third-order valence-electron chi connectivity index (χ3n) is 3.93. The average molecular weight is 268 g/mol. The van der Waals surface area contributed by atoms with Crippen LogP contribution in [0.25, 0.3) is 0 Å². The molecule has 0 amide bonds. The van der Waals surface area contributed by atoms with Crippen molar-refractivity contribution in [2.24, 2.45) is 17.8 Å². The Hall–Kier alpha value is -0.760. The molecule has 3 unspecified atom stereocenters. The third kappa shape index (κ3) is 3.38. The Bertz CT molecular complexity index is 377. The molecule has 0 N–H and O–H groups in total. The molecular weight excluding hydrogens is 246 g/mol. The molecule has 0 radical (unpaired) electrons.